The van der Waals surface area contributed by atoms with Crippen molar-refractivity contribution in [3.8, 4) is 0 Å². The number of benzene rings is 1. The molecule has 1 atom stereocenters. The van der Waals surface area contributed by atoms with Crippen LogP contribution in [0.4, 0.5) is 0 Å². The molecule has 1 unspecified atom stereocenters. The van der Waals surface area contributed by atoms with Crippen molar-refractivity contribution in [2.24, 2.45) is 0 Å². The molecule has 0 fully saturated rings. The van der Waals surface area contributed by atoms with Crippen LogP contribution < -0.4 is 10.6 Å². The number of aromatic nitrogens is 1. The van der Waals surface area contributed by atoms with Crippen LogP contribution in [0.25, 0.3) is 0 Å². The Labute approximate surface area is 152 Å². The summed E-state index contributed by atoms with van der Waals surface area (Å²) in [6.45, 7) is 2.53. The molecule has 0 radical (unpaired) electrons. The molecule has 0 aliphatic heterocycles. The monoisotopic (exact) mass is 359 g/mol. The minimum Gasteiger partial charge on any atom is -0.356 e. The summed E-state index contributed by atoms with van der Waals surface area (Å²) in [5, 5.41) is 6.30. The van der Waals surface area contributed by atoms with Crippen LogP contribution in [-0.2, 0) is 16.0 Å². The quantitative estimate of drug-likeness (QED) is 0.712. The summed E-state index contributed by atoms with van der Waals surface area (Å²) in [6.07, 6.45) is 4.73. The predicted molar refractivity (Wildman–Crippen MR) is 98.4 cm³/mol. The third-order valence-corrected chi connectivity index (χ3v) is 4.03. The first kappa shape index (κ1) is 18.9. The van der Waals surface area contributed by atoms with Crippen molar-refractivity contribution in [1.82, 2.24) is 15.6 Å². The molecule has 25 heavy (non-hydrogen) atoms. The van der Waals surface area contributed by atoms with Gasteiger partial charge in [0.1, 0.15) is 0 Å². The Morgan fingerprint density at radius 2 is 1.84 bits per heavy atom. The summed E-state index contributed by atoms with van der Waals surface area (Å²) in [7, 11) is 0. The second-order valence-corrected chi connectivity index (χ2v) is 6.23. The number of hydrogen-bond acceptors (Lipinski definition) is 3. The van der Waals surface area contributed by atoms with E-state index < -0.39 is 0 Å². The van der Waals surface area contributed by atoms with E-state index in [4.69, 9.17) is 11.6 Å². The highest BCUT2D eigenvalue weighted by Gasteiger charge is 2.21. The Balaban J connectivity index is 2.01. The lowest BCUT2D eigenvalue weighted by Gasteiger charge is -2.17. The van der Waals surface area contributed by atoms with E-state index >= 15 is 0 Å². The minimum atomic E-state index is -0.317. The van der Waals surface area contributed by atoms with E-state index in [-0.39, 0.29) is 17.7 Å². The molecular weight excluding hydrogens is 338 g/mol. The van der Waals surface area contributed by atoms with Crippen molar-refractivity contribution >= 4 is 23.4 Å². The van der Waals surface area contributed by atoms with Crippen LogP contribution in [0, 0.1) is 0 Å². The molecule has 1 aromatic heterocycles. The summed E-state index contributed by atoms with van der Waals surface area (Å²) in [4.78, 5) is 27.6. The minimum absolute atomic E-state index is 0.0472. The van der Waals surface area contributed by atoms with E-state index in [1.165, 1.54) is 6.92 Å². The maximum absolute atomic E-state index is 12.7. The first-order valence-electron chi connectivity index (χ1n) is 8.23. The first-order chi connectivity index (χ1) is 12.1. The zero-order valence-corrected chi connectivity index (χ0v) is 14.9. The van der Waals surface area contributed by atoms with E-state index in [1.54, 1.807) is 24.5 Å². The summed E-state index contributed by atoms with van der Waals surface area (Å²) >= 11 is 5.95. The predicted octanol–water partition coefficient (Wildman–Crippen LogP) is 2.70. The average Bonchev–Trinajstić information content (AvgIpc) is 2.61. The highest BCUT2D eigenvalue weighted by atomic mass is 35.5. The van der Waals surface area contributed by atoms with E-state index in [0.29, 0.717) is 31.0 Å². The van der Waals surface area contributed by atoms with Crippen molar-refractivity contribution in [1.29, 1.82) is 0 Å². The molecule has 1 heterocycles. The van der Waals surface area contributed by atoms with Crippen LogP contribution in [0.3, 0.4) is 0 Å². The molecule has 0 aliphatic carbocycles. The molecular formula is C19H22ClN3O2. The molecule has 2 rings (SSSR count). The molecule has 2 amide bonds. The van der Waals surface area contributed by atoms with Gasteiger partial charge < -0.3 is 10.6 Å². The van der Waals surface area contributed by atoms with Gasteiger partial charge in [-0.25, -0.2) is 0 Å². The van der Waals surface area contributed by atoms with E-state index in [1.807, 2.05) is 24.3 Å². The number of carbonyl (C=O) groups is 2. The molecule has 132 valence electrons. The number of hydrogen-bond donors (Lipinski definition) is 2. The van der Waals surface area contributed by atoms with E-state index in [2.05, 4.69) is 15.6 Å². The topological polar surface area (TPSA) is 71.1 Å². The fourth-order valence-corrected chi connectivity index (χ4v) is 2.63. The normalized spacial score (nSPS) is 11.6. The average molecular weight is 360 g/mol. The van der Waals surface area contributed by atoms with Crippen LogP contribution in [0.1, 0.15) is 30.4 Å². The lowest BCUT2D eigenvalue weighted by molar-refractivity contribution is -0.122. The van der Waals surface area contributed by atoms with Crippen molar-refractivity contribution in [2.45, 2.75) is 25.7 Å². The zero-order valence-electron chi connectivity index (χ0n) is 14.2. The Kier molecular flexibility index (Phi) is 7.41. The third kappa shape index (κ3) is 6.55. The molecule has 2 N–H and O–H groups in total. The highest BCUT2D eigenvalue weighted by Crippen LogP contribution is 2.23. The Bertz CT molecular complexity index is 690. The first-order valence-corrected chi connectivity index (χ1v) is 8.60. The number of nitrogens with zero attached hydrogens (tertiary/aromatic N) is 1. The van der Waals surface area contributed by atoms with Crippen molar-refractivity contribution in [3.63, 3.8) is 0 Å². The van der Waals surface area contributed by atoms with Gasteiger partial charge in [0.25, 0.3) is 0 Å². The van der Waals surface area contributed by atoms with Gasteiger partial charge in [-0.15, -0.1) is 0 Å². The molecule has 0 saturated heterocycles. The number of halogens is 1. The van der Waals surface area contributed by atoms with Gasteiger partial charge in [-0.2, -0.15) is 0 Å². The lowest BCUT2D eigenvalue weighted by atomic mass is 9.91. The fourth-order valence-electron chi connectivity index (χ4n) is 2.50. The number of carbonyl (C=O) groups excluding carboxylic acids is 2. The van der Waals surface area contributed by atoms with Gasteiger partial charge in [0.15, 0.2) is 0 Å². The van der Waals surface area contributed by atoms with Gasteiger partial charge in [-0.3, -0.25) is 14.6 Å². The molecule has 2 aromatic rings. The fraction of sp³-hybridized carbons (Fsp3) is 0.316. The van der Waals surface area contributed by atoms with Crippen LogP contribution in [0.15, 0.2) is 48.8 Å². The number of amides is 2. The summed E-state index contributed by atoms with van der Waals surface area (Å²) < 4.78 is 0. The second-order valence-electron chi connectivity index (χ2n) is 5.80. The third-order valence-electron chi connectivity index (χ3n) is 3.78. The van der Waals surface area contributed by atoms with Crippen LogP contribution in [0.5, 0.6) is 0 Å². The standard InChI is InChI=1S/C19H22ClN3O2/c1-14(24)22-10-3-11-23-19(25)18(12-15-4-2-9-21-13-15)16-5-7-17(20)8-6-16/h2,4-9,13,18H,3,10-12H2,1H3,(H,22,24)(H,23,25). The SMILES string of the molecule is CC(=O)NCCCNC(=O)C(Cc1cccnc1)c1ccc(Cl)cc1. The van der Waals surface area contributed by atoms with Crippen LogP contribution in [-0.4, -0.2) is 29.9 Å². The van der Waals surface area contributed by atoms with Crippen molar-refractivity contribution in [2.75, 3.05) is 13.1 Å². The van der Waals surface area contributed by atoms with Crippen LogP contribution >= 0.6 is 11.6 Å². The number of rotatable bonds is 8. The maximum Gasteiger partial charge on any atom is 0.227 e. The molecule has 0 saturated carbocycles. The summed E-state index contributed by atoms with van der Waals surface area (Å²) in [5.74, 6) is -0.432. The van der Waals surface area contributed by atoms with Crippen molar-refractivity contribution in [3.05, 3.63) is 64.9 Å². The molecule has 0 bridgehead atoms. The zero-order chi connectivity index (χ0) is 18.1. The molecule has 6 heteroatoms. The molecule has 0 aliphatic rings. The largest absolute Gasteiger partial charge is 0.356 e. The van der Waals surface area contributed by atoms with Gasteiger partial charge in [0, 0.05) is 37.4 Å². The molecule has 1 aromatic carbocycles. The van der Waals surface area contributed by atoms with Gasteiger partial charge in [0.2, 0.25) is 11.8 Å². The van der Waals surface area contributed by atoms with Gasteiger partial charge in [-0.05, 0) is 42.2 Å². The van der Waals surface area contributed by atoms with Gasteiger partial charge in [0.05, 0.1) is 5.92 Å². The Hall–Kier alpha value is -2.40. The molecule has 0 spiro atoms. The summed E-state index contributed by atoms with van der Waals surface area (Å²) in [6, 6.07) is 11.1. The smallest absolute Gasteiger partial charge is 0.227 e. The van der Waals surface area contributed by atoms with E-state index in [0.717, 1.165) is 11.1 Å². The number of pyridine rings is 1. The Morgan fingerprint density at radius 3 is 2.48 bits per heavy atom. The van der Waals surface area contributed by atoms with Crippen molar-refractivity contribution < 1.29 is 9.59 Å². The second kappa shape index (κ2) is 9.79. The number of nitrogens with one attached hydrogen (secondary N) is 2. The Morgan fingerprint density at radius 1 is 1.12 bits per heavy atom. The van der Waals surface area contributed by atoms with Gasteiger partial charge >= 0.3 is 0 Å². The molecule has 5 nitrogen and oxygen atoms in total. The van der Waals surface area contributed by atoms with Crippen LogP contribution in [0.2, 0.25) is 5.02 Å². The highest BCUT2D eigenvalue weighted by molar-refractivity contribution is 6.30. The van der Waals surface area contributed by atoms with E-state index in [9.17, 15) is 9.59 Å². The lowest BCUT2D eigenvalue weighted by Crippen LogP contribution is -2.33. The summed E-state index contributed by atoms with van der Waals surface area (Å²) in [5.41, 5.74) is 1.91. The maximum atomic E-state index is 12.7. The van der Waals surface area contributed by atoms with Gasteiger partial charge in [-0.1, -0.05) is 29.8 Å².